The highest BCUT2D eigenvalue weighted by Gasteiger charge is 2.26. The Kier molecular flexibility index (Phi) is 3.93. The molecule has 1 heterocycles. The highest BCUT2D eigenvalue weighted by Crippen LogP contribution is 2.26. The summed E-state index contributed by atoms with van der Waals surface area (Å²) in [6.07, 6.45) is 0. The van der Waals surface area contributed by atoms with Gasteiger partial charge in [-0.2, -0.15) is 0 Å². The van der Waals surface area contributed by atoms with Crippen molar-refractivity contribution in [3.63, 3.8) is 0 Å². The Labute approximate surface area is 139 Å². The average Bonchev–Trinajstić information content (AvgIpc) is 2.56. The quantitative estimate of drug-likeness (QED) is 0.665. The first-order valence-corrected chi connectivity index (χ1v) is 7.59. The van der Waals surface area contributed by atoms with E-state index in [0.29, 0.717) is 22.5 Å². The molecule has 3 rings (SSSR count). The van der Waals surface area contributed by atoms with Crippen molar-refractivity contribution in [3.8, 4) is 22.5 Å². The molecule has 0 saturated heterocycles. The van der Waals surface area contributed by atoms with Gasteiger partial charge in [-0.1, -0.05) is 17.7 Å². The van der Waals surface area contributed by atoms with Crippen LogP contribution in [-0.4, -0.2) is 4.73 Å². The molecule has 0 fully saturated rings. The van der Waals surface area contributed by atoms with E-state index in [-0.39, 0.29) is 11.4 Å². The first-order valence-electron chi connectivity index (χ1n) is 7.59. The van der Waals surface area contributed by atoms with Gasteiger partial charge in [-0.25, -0.2) is 4.39 Å². The van der Waals surface area contributed by atoms with Gasteiger partial charge in [-0.3, -0.25) is 0 Å². The van der Waals surface area contributed by atoms with E-state index >= 15 is 0 Å². The van der Waals surface area contributed by atoms with Gasteiger partial charge in [-0.05, 0) is 57.2 Å². The highest BCUT2D eigenvalue weighted by atomic mass is 19.1. The number of benzene rings is 2. The largest absolute Gasteiger partial charge is 0.805 e. The molecule has 0 amide bonds. The minimum Gasteiger partial charge on any atom is -0.805 e. The number of hydrogen-bond donors (Lipinski definition) is 0. The van der Waals surface area contributed by atoms with Crippen LogP contribution in [0.15, 0.2) is 48.5 Å². The molecule has 0 radical (unpaired) electrons. The first kappa shape index (κ1) is 15.9. The van der Waals surface area contributed by atoms with Gasteiger partial charge in [0.15, 0.2) is 0 Å². The third-order valence-corrected chi connectivity index (χ3v) is 4.14. The Morgan fingerprint density at radius 2 is 1.25 bits per heavy atom. The van der Waals surface area contributed by atoms with Crippen LogP contribution in [-0.2, 0) is 0 Å². The summed E-state index contributed by atoms with van der Waals surface area (Å²) in [5.41, 5.74) is 3.38. The minimum atomic E-state index is -0.394. The van der Waals surface area contributed by atoms with Gasteiger partial charge in [0.25, 0.3) is 11.4 Å². The Morgan fingerprint density at radius 1 is 0.833 bits per heavy atom. The van der Waals surface area contributed by atoms with E-state index < -0.39 is 5.82 Å². The fraction of sp³-hybridized carbons (Fsp3) is 0.158. The van der Waals surface area contributed by atoms with Crippen molar-refractivity contribution in [1.29, 1.82) is 0 Å². The van der Waals surface area contributed by atoms with E-state index in [2.05, 4.69) is 0 Å². The first-order chi connectivity index (χ1) is 11.4. The van der Waals surface area contributed by atoms with Crippen LogP contribution in [0.5, 0.6) is 0 Å². The molecule has 24 heavy (non-hydrogen) atoms. The van der Waals surface area contributed by atoms with Crippen molar-refractivity contribution < 1.29 is 8.82 Å². The zero-order chi connectivity index (χ0) is 17.4. The van der Waals surface area contributed by atoms with E-state index in [1.165, 1.54) is 24.3 Å². The summed E-state index contributed by atoms with van der Waals surface area (Å²) in [7, 11) is 0. The Hall–Kier alpha value is -2.95. The number of nitrogens with zero attached hydrogens (tertiary/aromatic N) is 2. The van der Waals surface area contributed by atoms with Gasteiger partial charge in [0, 0.05) is 4.91 Å². The minimum absolute atomic E-state index is 0.228. The maximum Gasteiger partial charge on any atom is 0.289 e. The van der Waals surface area contributed by atoms with Crippen molar-refractivity contribution in [2.24, 2.45) is 0 Å². The van der Waals surface area contributed by atoms with E-state index in [0.717, 1.165) is 14.7 Å². The van der Waals surface area contributed by atoms with Gasteiger partial charge >= 0.3 is 0 Å². The number of halogens is 1. The van der Waals surface area contributed by atoms with Crippen LogP contribution in [0.2, 0.25) is 0 Å². The summed E-state index contributed by atoms with van der Waals surface area (Å²) < 4.78 is 14.7. The summed E-state index contributed by atoms with van der Waals surface area (Å²) >= 11 is 0. The lowest BCUT2D eigenvalue weighted by molar-refractivity contribution is -0.471. The monoisotopic (exact) mass is 324 g/mol. The maximum absolute atomic E-state index is 13.2. The van der Waals surface area contributed by atoms with Gasteiger partial charge in [0.1, 0.15) is 5.82 Å². The molecule has 122 valence electrons. The standard InChI is InChI=1S/C19H17FN2O2/c1-12-4-6-15(7-5-12)18-13(2)21(23)14(3)19(22(18)24)16-8-10-17(20)11-9-16/h4-11H,1-3H3. The molecular weight excluding hydrogens is 307 g/mol. The SMILES string of the molecule is Cc1ccc(-c2c(C)n([O-])c(C)c(-c3ccc(F)cc3)[n+]2=O)cc1. The predicted molar refractivity (Wildman–Crippen MR) is 91.6 cm³/mol. The van der Waals surface area contributed by atoms with Gasteiger partial charge in [-0.15, -0.1) is 0 Å². The molecule has 0 saturated carbocycles. The van der Waals surface area contributed by atoms with Crippen LogP contribution in [0.3, 0.4) is 0 Å². The molecule has 0 aliphatic rings. The van der Waals surface area contributed by atoms with Crippen molar-refractivity contribution in [2.75, 3.05) is 0 Å². The topological polar surface area (TPSA) is 51.0 Å². The molecule has 0 aliphatic heterocycles. The second-order valence-electron chi connectivity index (χ2n) is 5.83. The molecule has 4 nitrogen and oxygen atoms in total. The van der Waals surface area contributed by atoms with Gasteiger partial charge in [0.2, 0.25) is 0 Å². The van der Waals surface area contributed by atoms with Crippen LogP contribution in [0, 0.1) is 36.7 Å². The molecule has 0 bridgehead atoms. The van der Waals surface area contributed by atoms with E-state index in [4.69, 9.17) is 0 Å². The Bertz CT molecular complexity index is 883. The second-order valence-corrected chi connectivity index (χ2v) is 5.83. The van der Waals surface area contributed by atoms with Crippen molar-refractivity contribution in [3.05, 3.63) is 81.4 Å². The molecular formula is C19H17FN2O2. The summed E-state index contributed by atoms with van der Waals surface area (Å²) in [5.74, 6) is -0.394. The van der Waals surface area contributed by atoms with Crippen molar-refractivity contribution in [2.45, 2.75) is 20.8 Å². The smallest absolute Gasteiger partial charge is 0.289 e. The summed E-state index contributed by atoms with van der Waals surface area (Å²) in [6.45, 7) is 5.17. The number of rotatable bonds is 2. The number of aromatic nitrogens is 2. The van der Waals surface area contributed by atoms with E-state index in [9.17, 15) is 14.5 Å². The van der Waals surface area contributed by atoms with Crippen LogP contribution in [0.25, 0.3) is 22.5 Å². The Balaban J connectivity index is 2.34. The zero-order valence-electron chi connectivity index (χ0n) is 13.7. The summed E-state index contributed by atoms with van der Waals surface area (Å²) in [5, 5.41) is 12.5. The van der Waals surface area contributed by atoms with Gasteiger partial charge in [0.05, 0.1) is 26.9 Å². The van der Waals surface area contributed by atoms with Crippen molar-refractivity contribution >= 4 is 0 Å². The molecule has 0 spiro atoms. The highest BCUT2D eigenvalue weighted by molar-refractivity contribution is 5.64. The average molecular weight is 324 g/mol. The van der Waals surface area contributed by atoms with Crippen LogP contribution in [0.4, 0.5) is 4.39 Å². The number of aryl methyl sites for hydroxylation is 1. The second kappa shape index (κ2) is 5.92. The van der Waals surface area contributed by atoms with Crippen molar-refractivity contribution in [1.82, 2.24) is 4.73 Å². The lowest BCUT2D eigenvalue weighted by Crippen LogP contribution is -2.27. The lowest BCUT2D eigenvalue weighted by atomic mass is 10.0. The predicted octanol–water partition coefficient (Wildman–Crippen LogP) is 4.15. The van der Waals surface area contributed by atoms with Crippen LogP contribution < -0.4 is 4.43 Å². The normalized spacial score (nSPS) is 10.8. The van der Waals surface area contributed by atoms with Crippen LogP contribution in [0.1, 0.15) is 17.0 Å². The molecule has 1 aromatic heterocycles. The number of hydrogen-bond acceptors (Lipinski definition) is 2. The zero-order valence-corrected chi connectivity index (χ0v) is 13.7. The van der Waals surface area contributed by atoms with E-state index in [1.54, 1.807) is 13.8 Å². The molecule has 0 unspecified atom stereocenters. The summed E-state index contributed by atoms with van der Waals surface area (Å²) in [4.78, 5) is 13.0. The molecule has 2 aromatic carbocycles. The van der Waals surface area contributed by atoms with E-state index in [1.807, 2.05) is 31.2 Å². The third-order valence-electron chi connectivity index (χ3n) is 4.14. The molecule has 5 heteroatoms. The molecule has 0 atom stereocenters. The van der Waals surface area contributed by atoms with Gasteiger partial charge < -0.3 is 9.94 Å². The third kappa shape index (κ3) is 2.58. The maximum atomic E-state index is 13.2. The lowest BCUT2D eigenvalue weighted by Gasteiger charge is -2.19. The molecule has 0 N–H and O–H groups in total. The molecule has 0 aliphatic carbocycles. The Morgan fingerprint density at radius 3 is 1.71 bits per heavy atom. The fourth-order valence-corrected chi connectivity index (χ4v) is 2.82. The van der Waals surface area contributed by atoms with Crippen LogP contribution >= 0.6 is 0 Å². The fourth-order valence-electron chi connectivity index (χ4n) is 2.82. The summed E-state index contributed by atoms with van der Waals surface area (Å²) in [6, 6.07) is 13.0. The molecule has 3 aromatic rings.